The summed E-state index contributed by atoms with van der Waals surface area (Å²) < 4.78 is 15.7. The molecule has 20 heavy (non-hydrogen) atoms. The van der Waals surface area contributed by atoms with Crippen molar-refractivity contribution in [1.29, 1.82) is 0 Å². The minimum Gasteiger partial charge on any atom is -0.485 e. The number of rotatable bonds is 6. The van der Waals surface area contributed by atoms with E-state index in [4.69, 9.17) is 42.9 Å². The van der Waals surface area contributed by atoms with Crippen LogP contribution in [0.5, 0.6) is 5.75 Å². The number of halogens is 2. The summed E-state index contributed by atoms with van der Waals surface area (Å²) in [6.07, 6.45) is 0. The van der Waals surface area contributed by atoms with Gasteiger partial charge in [-0.15, -0.1) is 0 Å². The Balaban J connectivity index is 2.10. The number of hydrogen-bond acceptors (Lipinski definition) is 5. The highest BCUT2D eigenvalue weighted by atomic mass is 35.5. The van der Waals surface area contributed by atoms with E-state index in [2.05, 4.69) is 5.16 Å². The van der Waals surface area contributed by atoms with Gasteiger partial charge in [0.1, 0.15) is 24.7 Å². The van der Waals surface area contributed by atoms with E-state index >= 15 is 0 Å². The van der Waals surface area contributed by atoms with Crippen LogP contribution in [0.15, 0.2) is 22.7 Å². The van der Waals surface area contributed by atoms with Gasteiger partial charge in [-0.25, -0.2) is 0 Å². The standard InChI is InChI=1S/C13H14Cl2N2O3/c1-18-7-11-4-10(17-20-11)6-19-13-8(5-16)2-9(14)3-12(13)15/h2-4H,5-7,16H2,1H3. The van der Waals surface area contributed by atoms with Gasteiger partial charge >= 0.3 is 0 Å². The molecule has 0 fully saturated rings. The second kappa shape index (κ2) is 6.95. The number of hydrogen-bond donors (Lipinski definition) is 1. The number of benzene rings is 1. The van der Waals surface area contributed by atoms with Gasteiger partial charge in [-0.3, -0.25) is 0 Å². The van der Waals surface area contributed by atoms with Crippen LogP contribution in [0, 0.1) is 0 Å². The number of methoxy groups -OCH3 is 1. The molecule has 1 heterocycles. The molecule has 0 aliphatic rings. The predicted octanol–water partition coefficient (Wildman–Crippen LogP) is 3.17. The van der Waals surface area contributed by atoms with Gasteiger partial charge in [0.25, 0.3) is 0 Å². The fraction of sp³-hybridized carbons (Fsp3) is 0.308. The Morgan fingerprint density at radius 2 is 2.05 bits per heavy atom. The summed E-state index contributed by atoms with van der Waals surface area (Å²) in [5.41, 5.74) is 7.04. The van der Waals surface area contributed by atoms with Gasteiger partial charge in [-0.2, -0.15) is 0 Å². The van der Waals surface area contributed by atoms with Crippen LogP contribution in [0.25, 0.3) is 0 Å². The van der Waals surface area contributed by atoms with E-state index in [0.717, 1.165) is 5.56 Å². The van der Waals surface area contributed by atoms with Crippen LogP contribution in [0.4, 0.5) is 0 Å². The van der Waals surface area contributed by atoms with Gasteiger partial charge in [-0.05, 0) is 12.1 Å². The maximum absolute atomic E-state index is 6.11. The molecule has 7 heteroatoms. The van der Waals surface area contributed by atoms with E-state index < -0.39 is 0 Å². The normalized spacial score (nSPS) is 10.8. The second-order valence-electron chi connectivity index (χ2n) is 4.09. The SMILES string of the molecule is COCc1cc(COc2c(Cl)cc(Cl)cc2CN)no1. The smallest absolute Gasteiger partial charge is 0.162 e. The van der Waals surface area contributed by atoms with Crippen molar-refractivity contribution < 1.29 is 14.0 Å². The van der Waals surface area contributed by atoms with E-state index in [0.29, 0.717) is 33.9 Å². The van der Waals surface area contributed by atoms with Crippen molar-refractivity contribution in [2.24, 2.45) is 5.73 Å². The van der Waals surface area contributed by atoms with E-state index in [9.17, 15) is 0 Å². The first-order valence-corrected chi connectivity index (χ1v) is 6.63. The van der Waals surface area contributed by atoms with Gasteiger partial charge in [0, 0.05) is 30.3 Å². The zero-order valence-electron chi connectivity index (χ0n) is 10.9. The van der Waals surface area contributed by atoms with Crippen LogP contribution in [0.2, 0.25) is 10.0 Å². The summed E-state index contributed by atoms with van der Waals surface area (Å²) in [6, 6.07) is 5.09. The quantitative estimate of drug-likeness (QED) is 0.886. The van der Waals surface area contributed by atoms with Gasteiger partial charge in [-0.1, -0.05) is 28.4 Å². The van der Waals surface area contributed by atoms with Crippen LogP contribution in [-0.2, 0) is 24.5 Å². The summed E-state index contributed by atoms with van der Waals surface area (Å²) in [4.78, 5) is 0. The minimum atomic E-state index is 0.224. The number of nitrogens with two attached hydrogens (primary N) is 1. The van der Waals surface area contributed by atoms with Gasteiger partial charge in [0.2, 0.25) is 0 Å². The molecule has 0 spiro atoms. The molecule has 2 N–H and O–H groups in total. The van der Waals surface area contributed by atoms with Gasteiger partial charge in [0.05, 0.1) is 5.02 Å². The molecule has 0 saturated carbocycles. The van der Waals surface area contributed by atoms with Gasteiger partial charge < -0.3 is 19.7 Å². The molecule has 108 valence electrons. The van der Waals surface area contributed by atoms with Gasteiger partial charge in [0.15, 0.2) is 5.76 Å². The highest BCUT2D eigenvalue weighted by Crippen LogP contribution is 2.32. The van der Waals surface area contributed by atoms with Crippen LogP contribution in [0.3, 0.4) is 0 Å². The average molecular weight is 317 g/mol. The lowest BCUT2D eigenvalue weighted by Gasteiger charge is -2.11. The zero-order valence-corrected chi connectivity index (χ0v) is 12.4. The largest absolute Gasteiger partial charge is 0.485 e. The third kappa shape index (κ3) is 3.64. The topological polar surface area (TPSA) is 70.5 Å². The van der Waals surface area contributed by atoms with Crippen LogP contribution in [0.1, 0.15) is 17.0 Å². The Bertz CT molecular complexity index is 587. The van der Waals surface area contributed by atoms with Crippen molar-refractivity contribution in [3.05, 3.63) is 45.3 Å². The molecule has 0 aliphatic carbocycles. The number of nitrogens with zero attached hydrogens (tertiary/aromatic N) is 1. The van der Waals surface area contributed by atoms with Crippen LogP contribution in [-0.4, -0.2) is 12.3 Å². The summed E-state index contributed by atoms with van der Waals surface area (Å²) in [5, 5.41) is 4.81. The Morgan fingerprint density at radius 3 is 2.75 bits per heavy atom. The van der Waals surface area contributed by atoms with E-state index in [-0.39, 0.29) is 13.2 Å². The second-order valence-corrected chi connectivity index (χ2v) is 4.93. The molecule has 2 rings (SSSR count). The predicted molar refractivity (Wildman–Crippen MR) is 75.9 cm³/mol. The molecule has 5 nitrogen and oxygen atoms in total. The Kier molecular flexibility index (Phi) is 5.25. The average Bonchev–Trinajstić information content (AvgIpc) is 2.85. The highest BCUT2D eigenvalue weighted by Gasteiger charge is 2.11. The Hall–Kier alpha value is -1.27. The molecular weight excluding hydrogens is 303 g/mol. The van der Waals surface area contributed by atoms with Crippen LogP contribution < -0.4 is 10.5 Å². The van der Waals surface area contributed by atoms with Crippen molar-refractivity contribution in [3.63, 3.8) is 0 Å². The molecule has 0 unspecified atom stereocenters. The molecular formula is C13H14Cl2N2O3. The summed E-state index contributed by atoms with van der Waals surface area (Å²) >= 11 is 12.0. The van der Waals surface area contributed by atoms with Crippen molar-refractivity contribution in [2.45, 2.75) is 19.8 Å². The van der Waals surface area contributed by atoms with E-state index in [1.165, 1.54) is 0 Å². The first kappa shape index (κ1) is 15.1. The first-order valence-electron chi connectivity index (χ1n) is 5.88. The molecule has 0 atom stereocenters. The monoisotopic (exact) mass is 316 g/mol. The fourth-order valence-electron chi connectivity index (χ4n) is 1.71. The number of ether oxygens (including phenoxy) is 2. The maximum Gasteiger partial charge on any atom is 0.162 e. The maximum atomic E-state index is 6.11. The van der Waals surface area contributed by atoms with E-state index in [1.807, 2.05) is 0 Å². The summed E-state index contributed by atoms with van der Waals surface area (Å²) in [7, 11) is 1.58. The molecule has 0 radical (unpaired) electrons. The minimum absolute atomic E-state index is 0.224. The molecule has 0 saturated heterocycles. The molecule has 1 aromatic carbocycles. The molecule has 0 amide bonds. The van der Waals surface area contributed by atoms with E-state index in [1.54, 1.807) is 25.3 Å². The van der Waals surface area contributed by atoms with Crippen LogP contribution >= 0.6 is 23.2 Å². The summed E-state index contributed by atoms with van der Waals surface area (Å²) in [5.74, 6) is 1.14. The van der Waals surface area contributed by atoms with Crippen molar-refractivity contribution in [2.75, 3.05) is 7.11 Å². The molecule has 0 bridgehead atoms. The lowest BCUT2D eigenvalue weighted by Crippen LogP contribution is -2.03. The lowest BCUT2D eigenvalue weighted by atomic mass is 10.2. The third-order valence-electron chi connectivity index (χ3n) is 2.56. The molecule has 0 aliphatic heterocycles. The first-order chi connectivity index (χ1) is 9.63. The lowest BCUT2D eigenvalue weighted by molar-refractivity contribution is 0.155. The highest BCUT2D eigenvalue weighted by molar-refractivity contribution is 6.35. The molecule has 2 aromatic rings. The fourth-order valence-corrected chi connectivity index (χ4v) is 2.30. The van der Waals surface area contributed by atoms with Crippen molar-refractivity contribution in [3.8, 4) is 5.75 Å². The summed E-state index contributed by atoms with van der Waals surface area (Å²) in [6.45, 7) is 0.869. The Labute approximate surface area is 126 Å². The molecule has 1 aromatic heterocycles. The third-order valence-corrected chi connectivity index (χ3v) is 3.06. The van der Waals surface area contributed by atoms with Crippen molar-refractivity contribution in [1.82, 2.24) is 5.16 Å². The van der Waals surface area contributed by atoms with Crippen molar-refractivity contribution >= 4 is 23.2 Å². The number of aromatic nitrogens is 1. The Morgan fingerprint density at radius 1 is 1.25 bits per heavy atom. The zero-order chi connectivity index (χ0) is 14.5.